The number of fused-ring (bicyclic) bond motifs is 1. The second-order valence-corrected chi connectivity index (χ2v) is 7.85. The maximum atomic E-state index is 13.2. The Hall–Kier alpha value is -3.33. The van der Waals surface area contributed by atoms with E-state index in [1.54, 1.807) is 39.0 Å². The summed E-state index contributed by atoms with van der Waals surface area (Å²) in [5.74, 6) is -0.521. The minimum absolute atomic E-state index is 0.170. The smallest absolute Gasteiger partial charge is 0.273 e. The van der Waals surface area contributed by atoms with Crippen LogP contribution in [0.1, 0.15) is 20.8 Å². The molecule has 0 aromatic heterocycles. The third-order valence-electron chi connectivity index (χ3n) is 4.94. The number of rotatable bonds is 6. The van der Waals surface area contributed by atoms with Crippen LogP contribution in [-0.2, 0) is 9.59 Å². The van der Waals surface area contributed by atoms with Crippen LogP contribution < -0.4 is 19.7 Å². The van der Waals surface area contributed by atoms with Gasteiger partial charge in [-0.25, -0.2) is 0 Å². The number of hydrogen-bond donors (Lipinski definition) is 1. The molecule has 0 spiro atoms. The lowest BCUT2D eigenvalue weighted by Crippen LogP contribution is -2.55. The minimum Gasteiger partial charge on any atom is -0.495 e. The average Bonchev–Trinajstić information content (AvgIpc) is 2.72. The summed E-state index contributed by atoms with van der Waals surface area (Å²) in [6.07, 6.45) is -0.884. The van der Waals surface area contributed by atoms with Gasteiger partial charge in [-0.1, -0.05) is 25.4 Å². The van der Waals surface area contributed by atoms with Gasteiger partial charge < -0.3 is 14.8 Å². The van der Waals surface area contributed by atoms with E-state index in [0.29, 0.717) is 16.5 Å². The van der Waals surface area contributed by atoms with Crippen molar-refractivity contribution in [3.63, 3.8) is 0 Å². The van der Waals surface area contributed by atoms with Crippen LogP contribution in [0.25, 0.3) is 0 Å². The van der Waals surface area contributed by atoms with Crippen molar-refractivity contribution in [3.8, 4) is 11.5 Å². The molecule has 10 heteroatoms. The first kappa shape index (κ1) is 22.4. The largest absolute Gasteiger partial charge is 0.495 e. The Bertz CT molecular complexity index is 1040. The molecule has 1 aliphatic rings. The van der Waals surface area contributed by atoms with Crippen molar-refractivity contribution < 1.29 is 24.0 Å². The number of nitro groups is 1. The van der Waals surface area contributed by atoms with Crippen LogP contribution in [0.15, 0.2) is 36.4 Å². The lowest BCUT2D eigenvalue weighted by atomic mass is 10.0. The van der Waals surface area contributed by atoms with Gasteiger partial charge in [-0.2, -0.15) is 0 Å². The Kier molecular flexibility index (Phi) is 6.35. The number of hydrogen-bond acceptors (Lipinski definition) is 6. The molecule has 0 saturated carbocycles. The highest BCUT2D eigenvalue weighted by atomic mass is 35.5. The topological polar surface area (TPSA) is 111 Å². The van der Waals surface area contributed by atoms with Crippen LogP contribution >= 0.6 is 11.6 Å². The normalized spacial score (nSPS) is 16.4. The van der Waals surface area contributed by atoms with Crippen molar-refractivity contribution in [1.29, 1.82) is 0 Å². The number of benzene rings is 2. The monoisotopic (exact) mass is 447 g/mol. The molecule has 0 bridgehead atoms. The second kappa shape index (κ2) is 8.81. The summed E-state index contributed by atoms with van der Waals surface area (Å²) in [5, 5.41) is 14.3. The average molecular weight is 448 g/mol. The van der Waals surface area contributed by atoms with Gasteiger partial charge in [-0.3, -0.25) is 24.6 Å². The Morgan fingerprint density at radius 3 is 2.58 bits per heavy atom. The number of amides is 2. The molecule has 2 aromatic carbocycles. The Morgan fingerprint density at radius 1 is 1.26 bits per heavy atom. The van der Waals surface area contributed by atoms with Crippen molar-refractivity contribution in [2.45, 2.75) is 32.9 Å². The SMILES string of the molecule is COc1ccc(Cl)cc1NC(=O)C(C)N1C(=O)C(C(C)C)Oc2cc([N+](=O)[O-])ccc21. The van der Waals surface area contributed by atoms with Gasteiger partial charge in [-0.05, 0) is 37.1 Å². The van der Waals surface area contributed by atoms with Crippen LogP contribution in [0, 0.1) is 16.0 Å². The fourth-order valence-electron chi connectivity index (χ4n) is 3.31. The highest BCUT2D eigenvalue weighted by Gasteiger charge is 2.41. The number of nitrogens with one attached hydrogen (secondary N) is 1. The standard InChI is InChI=1S/C21H22ClN3O6/c1-11(2)19-21(27)24(16-7-6-14(25(28)29)10-18(16)31-19)12(3)20(26)23-15-9-13(22)5-8-17(15)30-4/h5-12,19H,1-4H3,(H,23,26). The Morgan fingerprint density at radius 2 is 1.97 bits per heavy atom. The molecule has 9 nitrogen and oxygen atoms in total. The molecule has 164 valence electrons. The van der Waals surface area contributed by atoms with Gasteiger partial charge in [0.2, 0.25) is 5.91 Å². The third kappa shape index (κ3) is 4.41. The number of non-ortho nitro benzene ring substituents is 1. The van der Waals surface area contributed by atoms with Gasteiger partial charge in [0, 0.05) is 11.1 Å². The maximum absolute atomic E-state index is 13.2. The summed E-state index contributed by atoms with van der Waals surface area (Å²) in [4.78, 5) is 38.1. The number of ether oxygens (including phenoxy) is 2. The molecule has 2 aromatic rings. The molecule has 2 unspecified atom stereocenters. The van der Waals surface area contributed by atoms with Gasteiger partial charge >= 0.3 is 0 Å². The third-order valence-corrected chi connectivity index (χ3v) is 5.18. The van der Waals surface area contributed by atoms with Crippen molar-refractivity contribution in [1.82, 2.24) is 0 Å². The molecule has 0 fully saturated rings. The van der Waals surface area contributed by atoms with Crippen LogP contribution in [0.5, 0.6) is 11.5 Å². The van der Waals surface area contributed by atoms with Crippen LogP contribution in [0.3, 0.4) is 0 Å². The van der Waals surface area contributed by atoms with Crippen LogP contribution in [-0.4, -0.2) is 36.0 Å². The zero-order valence-corrected chi connectivity index (χ0v) is 18.2. The van der Waals surface area contributed by atoms with E-state index in [9.17, 15) is 19.7 Å². The van der Waals surface area contributed by atoms with Crippen LogP contribution in [0.2, 0.25) is 5.02 Å². The first-order valence-corrected chi connectivity index (χ1v) is 9.94. The fraction of sp³-hybridized carbons (Fsp3) is 0.333. The molecule has 2 amide bonds. The number of carbonyl (C=O) groups excluding carboxylic acids is 2. The summed E-state index contributed by atoms with van der Waals surface area (Å²) >= 11 is 6.03. The zero-order valence-electron chi connectivity index (χ0n) is 17.4. The minimum atomic E-state index is -0.943. The maximum Gasteiger partial charge on any atom is 0.273 e. The zero-order chi connectivity index (χ0) is 22.9. The fourth-order valence-corrected chi connectivity index (χ4v) is 3.48. The highest BCUT2D eigenvalue weighted by Crippen LogP contribution is 2.39. The first-order valence-electron chi connectivity index (χ1n) is 9.56. The van der Waals surface area contributed by atoms with E-state index in [-0.39, 0.29) is 23.0 Å². The predicted molar refractivity (Wildman–Crippen MR) is 116 cm³/mol. The van der Waals surface area contributed by atoms with E-state index in [1.165, 1.54) is 30.2 Å². The first-order chi connectivity index (χ1) is 14.6. The van der Waals surface area contributed by atoms with Crippen molar-refractivity contribution in [2.24, 2.45) is 5.92 Å². The Labute approximate surface area is 184 Å². The Balaban J connectivity index is 1.98. The van der Waals surface area contributed by atoms with E-state index >= 15 is 0 Å². The van der Waals surface area contributed by atoms with E-state index in [0.717, 1.165) is 0 Å². The highest BCUT2D eigenvalue weighted by molar-refractivity contribution is 6.31. The van der Waals surface area contributed by atoms with Gasteiger partial charge in [0.1, 0.15) is 11.8 Å². The number of methoxy groups -OCH3 is 1. The summed E-state index contributed by atoms with van der Waals surface area (Å²) in [6.45, 7) is 5.16. The molecule has 3 rings (SSSR count). The number of halogens is 1. The number of anilines is 2. The molecule has 0 radical (unpaired) electrons. The second-order valence-electron chi connectivity index (χ2n) is 7.41. The van der Waals surface area contributed by atoms with E-state index in [1.807, 2.05) is 0 Å². The van der Waals surface area contributed by atoms with Gasteiger partial charge in [-0.15, -0.1) is 0 Å². The number of nitro benzene ring substituents is 1. The molecular weight excluding hydrogens is 426 g/mol. The quantitative estimate of drug-likeness (QED) is 0.528. The van der Waals surface area contributed by atoms with Gasteiger partial charge in [0.15, 0.2) is 11.9 Å². The van der Waals surface area contributed by atoms with Crippen molar-refractivity contribution >= 4 is 40.5 Å². The number of nitrogens with zero attached hydrogens (tertiary/aromatic N) is 2. The summed E-state index contributed by atoms with van der Waals surface area (Å²) < 4.78 is 11.0. The molecule has 1 heterocycles. The van der Waals surface area contributed by atoms with Gasteiger partial charge in [0.25, 0.3) is 11.6 Å². The predicted octanol–water partition coefficient (Wildman–Crippen LogP) is 4.03. The molecule has 0 aliphatic carbocycles. The van der Waals surface area contributed by atoms with Gasteiger partial charge in [0.05, 0.1) is 29.5 Å². The molecule has 31 heavy (non-hydrogen) atoms. The van der Waals surface area contributed by atoms with Crippen molar-refractivity contribution in [2.75, 3.05) is 17.3 Å². The van der Waals surface area contributed by atoms with Crippen molar-refractivity contribution in [3.05, 3.63) is 51.5 Å². The molecule has 2 atom stereocenters. The molecule has 1 aliphatic heterocycles. The summed E-state index contributed by atoms with van der Waals surface area (Å²) in [5.41, 5.74) is 0.474. The van der Waals surface area contributed by atoms with E-state index < -0.39 is 28.9 Å². The van der Waals surface area contributed by atoms with E-state index in [2.05, 4.69) is 5.32 Å². The molecule has 0 saturated heterocycles. The lowest BCUT2D eigenvalue weighted by molar-refractivity contribution is -0.384. The summed E-state index contributed by atoms with van der Waals surface area (Å²) in [6, 6.07) is 7.78. The molecule has 1 N–H and O–H groups in total. The van der Waals surface area contributed by atoms with E-state index in [4.69, 9.17) is 21.1 Å². The lowest BCUT2D eigenvalue weighted by Gasteiger charge is -2.38. The number of carbonyl (C=O) groups is 2. The summed E-state index contributed by atoms with van der Waals surface area (Å²) in [7, 11) is 1.46. The van der Waals surface area contributed by atoms with Crippen LogP contribution in [0.4, 0.5) is 17.1 Å². The molecular formula is C21H22ClN3O6.